The van der Waals surface area contributed by atoms with Crippen LogP contribution < -0.4 is 10.1 Å². The van der Waals surface area contributed by atoms with E-state index in [-0.39, 0.29) is 12.5 Å². The molecule has 6 nitrogen and oxygen atoms in total. The number of rotatable bonds is 4. The van der Waals surface area contributed by atoms with Crippen molar-refractivity contribution in [1.29, 1.82) is 0 Å². The molecule has 22 heavy (non-hydrogen) atoms. The highest BCUT2D eigenvalue weighted by Gasteiger charge is 2.20. The number of nitrogens with zero attached hydrogens (tertiary/aromatic N) is 1. The van der Waals surface area contributed by atoms with Gasteiger partial charge in [-0.3, -0.25) is 10.1 Å². The van der Waals surface area contributed by atoms with E-state index in [1.54, 1.807) is 24.3 Å². The van der Waals surface area contributed by atoms with Crippen LogP contribution in [0.5, 0.6) is 5.75 Å². The molecule has 1 fully saturated rings. The zero-order valence-electron chi connectivity index (χ0n) is 13.0. The summed E-state index contributed by atoms with van der Waals surface area (Å²) in [5, 5.41) is 2.55. The first-order chi connectivity index (χ1) is 10.6. The van der Waals surface area contributed by atoms with Crippen molar-refractivity contribution in [3.63, 3.8) is 0 Å². The minimum atomic E-state index is -0.525. The average molecular weight is 306 g/mol. The molecule has 1 aliphatic rings. The third-order valence-corrected chi connectivity index (χ3v) is 3.78. The summed E-state index contributed by atoms with van der Waals surface area (Å²) >= 11 is 0. The standard InChI is InChI=1S/C16H22N2O4/c1-12-7-9-18(10-8-12)15(19)11-22-14-5-3-13(4-6-14)17-16(20)21-2/h3-6,12H,7-11H2,1-2H3,(H,17,20). The van der Waals surface area contributed by atoms with Crippen molar-refractivity contribution in [2.45, 2.75) is 19.8 Å². The minimum Gasteiger partial charge on any atom is -0.484 e. The molecular weight excluding hydrogens is 284 g/mol. The highest BCUT2D eigenvalue weighted by atomic mass is 16.5. The highest BCUT2D eigenvalue weighted by Crippen LogP contribution is 2.18. The highest BCUT2D eigenvalue weighted by molar-refractivity contribution is 5.84. The van der Waals surface area contributed by atoms with Crippen molar-refractivity contribution in [1.82, 2.24) is 4.90 Å². The van der Waals surface area contributed by atoms with Gasteiger partial charge in [-0.25, -0.2) is 4.79 Å². The van der Waals surface area contributed by atoms with E-state index in [0.29, 0.717) is 17.4 Å². The maximum Gasteiger partial charge on any atom is 0.411 e. The SMILES string of the molecule is COC(=O)Nc1ccc(OCC(=O)N2CCC(C)CC2)cc1. The fourth-order valence-corrected chi connectivity index (χ4v) is 2.30. The molecule has 0 unspecified atom stereocenters. The molecule has 2 amide bonds. The van der Waals surface area contributed by atoms with Crippen LogP contribution in [0.3, 0.4) is 0 Å². The van der Waals surface area contributed by atoms with E-state index >= 15 is 0 Å². The largest absolute Gasteiger partial charge is 0.484 e. The third kappa shape index (κ3) is 4.65. The first kappa shape index (κ1) is 16.1. The minimum absolute atomic E-state index is 0.0173. The number of amides is 2. The predicted molar refractivity (Wildman–Crippen MR) is 82.9 cm³/mol. The van der Waals surface area contributed by atoms with E-state index in [4.69, 9.17) is 4.74 Å². The average Bonchev–Trinajstić information content (AvgIpc) is 2.54. The second kappa shape index (κ2) is 7.68. The number of likely N-dealkylation sites (tertiary alicyclic amines) is 1. The summed E-state index contributed by atoms with van der Waals surface area (Å²) in [6.45, 7) is 3.87. The second-order valence-electron chi connectivity index (χ2n) is 5.49. The Labute approximate surface area is 130 Å². The van der Waals surface area contributed by atoms with E-state index in [2.05, 4.69) is 17.0 Å². The molecule has 120 valence electrons. The number of hydrogen-bond donors (Lipinski definition) is 1. The van der Waals surface area contributed by atoms with Crippen LogP contribution in [0.1, 0.15) is 19.8 Å². The topological polar surface area (TPSA) is 67.9 Å². The van der Waals surface area contributed by atoms with Crippen molar-refractivity contribution in [3.05, 3.63) is 24.3 Å². The Morgan fingerprint density at radius 2 is 1.86 bits per heavy atom. The Hall–Kier alpha value is -2.24. The molecule has 0 aromatic heterocycles. The summed E-state index contributed by atoms with van der Waals surface area (Å²) in [7, 11) is 1.31. The summed E-state index contributed by atoms with van der Waals surface area (Å²) < 4.78 is 10.0. The lowest BCUT2D eigenvalue weighted by Gasteiger charge is -2.30. The van der Waals surface area contributed by atoms with Crippen molar-refractivity contribution >= 4 is 17.7 Å². The van der Waals surface area contributed by atoms with Gasteiger partial charge in [0.2, 0.25) is 0 Å². The fraction of sp³-hybridized carbons (Fsp3) is 0.500. The van der Waals surface area contributed by atoms with Crippen LogP contribution in [0.4, 0.5) is 10.5 Å². The van der Waals surface area contributed by atoms with Crippen LogP contribution in [-0.4, -0.2) is 43.7 Å². The molecule has 1 N–H and O–H groups in total. The Morgan fingerprint density at radius 1 is 1.23 bits per heavy atom. The lowest BCUT2D eigenvalue weighted by atomic mass is 9.99. The lowest BCUT2D eigenvalue weighted by Crippen LogP contribution is -2.40. The Morgan fingerprint density at radius 3 is 2.45 bits per heavy atom. The molecule has 6 heteroatoms. The first-order valence-corrected chi connectivity index (χ1v) is 7.44. The normalized spacial score (nSPS) is 15.3. The number of methoxy groups -OCH3 is 1. The maximum absolute atomic E-state index is 12.1. The van der Waals surface area contributed by atoms with E-state index in [1.165, 1.54) is 7.11 Å². The second-order valence-corrected chi connectivity index (χ2v) is 5.49. The Balaban J connectivity index is 1.79. The number of hydrogen-bond acceptors (Lipinski definition) is 4. The number of nitrogens with one attached hydrogen (secondary N) is 1. The van der Waals surface area contributed by atoms with Gasteiger partial charge >= 0.3 is 6.09 Å². The zero-order valence-corrected chi connectivity index (χ0v) is 13.0. The van der Waals surface area contributed by atoms with E-state index in [1.807, 2.05) is 4.90 Å². The molecule has 2 rings (SSSR count). The van der Waals surface area contributed by atoms with Gasteiger partial charge in [-0.05, 0) is 43.0 Å². The predicted octanol–water partition coefficient (Wildman–Crippen LogP) is 2.50. The fourth-order valence-electron chi connectivity index (χ4n) is 2.30. The van der Waals surface area contributed by atoms with Gasteiger partial charge in [0.15, 0.2) is 6.61 Å². The number of carbonyl (C=O) groups is 2. The zero-order chi connectivity index (χ0) is 15.9. The van der Waals surface area contributed by atoms with E-state index in [9.17, 15) is 9.59 Å². The van der Waals surface area contributed by atoms with Crippen LogP contribution in [0.25, 0.3) is 0 Å². The van der Waals surface area contributed by atoms with Gasteiger partial charge in [0.05, 0.1) is 7.11 Å². The molecule has 1 heterocycles. The van der Waals surface area contributed by atoms with Crippen LogP contribution in [0, 0.1) is 5.92 Å². The molecular formula is C16H22N2O4. The number of carbonyl (C=O) groups excluding carboxylic acids is 2. The Kier molecular flexibility index (Phi) is 5.63. The lowest BCUT2D eigenvalue weighted by molar-refractivity contribution is -0.134. The van der Waals surface area contributed by atoms with Gasteiger partial charge in [-0.2, -0.15) is 0 Å². The summed E-state index contributed by atoms with van der Waals surface area (Å²) in [4.78, 5) is 25.0. The molecule has 1 saturated heterocycles. The van der Waals surface area contributed by atoms with Crippen molar-refractivity contribution in [2.24, 2.45) is 5.92 Å². The van der Waals surface area contributed by atoms with Crippen molar-refractivity contribution in [3.8, 4) is 5.75 Å². The van der Waals surface area contributed by atoms with Crippen LogP contribution in [-0.2, 0) is 9.53 Å². The van der Waals surface area contributed by atoms with Gasteiger partial charge in [0.1, 0.15) is 5.75 Å². The summed E-state index contributed by atoms with van der Waals surface area (Å²) in [5.74, 6) is 1.30. The molecule has 0 spiro atoms. The van der Waals surface area contributed by atoms with Gasteiger partial charge < -0.3 is 14.4 Å². The molecule has 0 radical (unpaired) electrons. The van der Waals surface area contributed by atoms with Gasteiger partial charge in [0, 0.05) is 18.8 Å². The Bertz CT molecular complexity index is 507. The van der Waals surface area contributed by atoms with Gasteiger partial charge in [-0.1, -0.05) is 6.92 Å². The molecule has 0 atom stereocenters. The third-order valence-electron chi connectivity index (χ3n) is 3.78. The smallest absolute Gasteiger partial charge is 0.411 e. The quantitative estimate of drug-likeness (QED) is 0.928. The monoisotopic (exact) mass is 306 g/mol. The van der Waals surface area contributed by atoms with Crippen LogP contribution >= 0.6 is 0 Å². The number of ether oxygens (including phenoxy) is 2. The first-order valence-electron chi connectivity index (χ1n) is 7.44. The van der Waals surface area contributed by atoms with Gasteiger partial charge in [-0.15, -0.1) is 0 Å². The van der Waals surface area contributed by atoms with E-state index in [0.717, 1.165) is 25.9 Å². The molecule has 1 aromatic carbocycles. The molecule has 1 aliphatic heterocycles. The van der Waals surface area contributed by atoms with Crippen LogP contribution in [0.15, 0.2) is 24.3 Å². The molecule has 0 aliphatic carbocycles. The molecule has 0 bridgehead atoms. The van der Waals surface area contributed by atoms with Gasteiger partial charge in [0.25, 0.3) is 5.91 Å². The summed E-state index contributed by atoms with van der Waals surface area (Å²) in [6, 6.07) is 6.80. The van der Waals surface area contributed by atoms with Crippen molar-refractivity contribution < 1.29 is 19.1 Å². The maximum atomic E-state index is 12.1. The number of anilines is 1. The molecule has 0 saturated carbocycles. The van der Waals surface area contributed by atoms with Crippen LogP contribution in [0.2, 0.25) is 0 Å². The summed E-state index contributed by atoms with van der Waals surface area (Å²) in [5.41, 5.74) is 0.607. The number of benzene rings is 1. The summed E-state index contributed by atoms with van der Waals surface area (Å²) in [6.07, 6.45) is 1.59. The van der Waals surface area contributed by atoms with Crippen molar-refractivity contribution in [2.75, 3.05) is 32.1 Å². The molecule has 1 aromatic rings. The number of piperidine rings is 1. The van der Waals surface area contributed by atoms with E-state index < -0.39 is 6.09 Å².